The van der Waals surface area contributed by atoms with Gasteiger partial charge in [-0.2, -0.15) is 0 Å². The van der Waals surface area contributed by atoms with Crippen molar-refractivity contribution in [3.63, 3.8) is 0 Å². The Labute approximate surface area is 101 Å². The summed E-state index contributed by atoms with van der Waals surface area (Å²) in [6, 6.07) is 2.11. The second-order valence-electron chi connectivity index (χ2n) is 4.66. The van der Waals surface area contributed by atoms with Crippen LogP contribution in [0.2, 0.25) is 0 Å². The molecule has 0 radical (unpaired) electrons. The lowest BCUT2D eigenvalue weighted by Crippen LogP contribution is -2.32. The summed E-state index contributed by atoms with van der Waals surface area (Å²) >= 11 is 0. The zero-order chi connectivity index (χ0) is 12.4. The standard InChI is InChI=1S/C12H19FN4/c1-16(2)10-4-6-17(8-10)12-11(13)9(7-14)3-5-15-12/h3,5,10H,4,6-8,14H2,1-2H3. The quantitative estimate of drug-likeness (QED) is 0.847. The molecular weight excluding hydrogens is 219 g/mol. The highest BCUT2D eigenvalue weighted by Gasteiger charge is 2.27. The van der Waals surface area contributed by atoms with Crippen molar-refractivity contribution in [3.05, 3.63) is 23.6 Å². The van der Waals surface area contributed by atoms with Gasteiger partial charge in [-0.15, -0.1) is 0 Å². The Hall–Kier alpha value is -1.20. The maximum absolute atomic E-state index is 14.1. The van der Waals surface area contributed by atoms with Gasteiger partial charge in [0.25, 0.3) is 0 Å². The maximum atomic E-state index is 14.1. The van der Waals surface area contributed by atoms with E-state index < -0.39 is 0 Å². The largest absolute Gasteiger partial charge is 0.353 e. The molecule has 1 aliphatic rings. The van der Waals surface area contributed by atoms with Crippen molar-refractivity contribution in [2.24, 2.45) is 5.73 Å². The lowest BCUT2D eigenvalue weighted by molar-refractivity contribution is 0.315. The van der Waals surface area contributed by atoms with Gasteiger partial charge < -0.3 is 15.5 Å². The van der Waals surface area contributed by atoms with Crippen molar-refractivity contribution in [1.29, 1.82) is 0 Å². The molecule has 1 aromatic heterocycles. The lowest BCUT2D eigenvalue weighted by Gasteiger charge is -2.21. The molecule has 4 nitrogen and oxygen atoms in total. The highest BCUT2D eigenvalue weighted by Crippen LogP contribution is 2.24. The van der Waals surface area contributed by atoms with Crippen LogP contribution in [0.4, 0.5) is 10.2 Å². The molecule has 1 aliphatic heterocycles. The molecule has 94 valence electrons. The average molecular weight is 238 g/mol. The zero-order valence-corrected chi connectivity index (χ0v) is 10.4. The fourth-order valence-corrected chi connectivity index (χ4v) is 2.21. The fourth-order valence-electron chi connectivity index (χ4n) is 2.21. The first-order valence-corrected chi connectivity index (χ1v) is 5.88. The van der Waals surface area contributed by atoms with E-state index in [1.165, 1.54) is 0 Å². The van der Waals surface area contributed by atoms with Gasteiger partial charge >= 0.3 is 0 Å². The summed E-state index contributed by atoms with van der Waals surface area (Å²) in [4.78, 5) is 8.31. The van der Waals surface area contributed by atoms with Crippen molar-refractivity contribution < 1.29 is 4.39 Å². The van der Waals surface area contributed by atoms with Crippen LogP contribution in [0.15, 0.2) is 12.3 Å². The Morgan fingerprint density at radius 3 is 2.94 bits per heavy atom. The number of hydrogen-bond acceptors (Lipinski definition) is 4. The van der Waals surface area contributed by atoms with E-state index in [1.807, 2.05) is 19.0 Å². The van der Waals surface area contributed by atoms with E-state index >= 15 is 0 Å². The molecule has 17 heavy (non-hydrogen) atoms. The molecule has 0 aromatic carbocycles. The van der Waals surface area contributed by atoms with Crippen LogP contribution in [0.25, 0.3) is 0 Å². The van der Waals surface area contributed by atoms with Crippen LogP contribution < -0.4 is 10.6 Å². The molecule has 2 N–H and O–H groups in total. The summed E-state index contributed by atoms with van der Waals surface area (Å²) in [5.74, 6) is 0.173. The third-order valence-electron chi connectivity index (χ3n) is 3.36. The fraction of sp³-hybridized carbons (Fsp3) is 0.583. The smallest absolute Gasteiger partial charge is 0.170 e. The highest BCUT2D eigenvalue weighted by molar-refractivity contribution is 5.44. The van der Waals surface area contributed by atoms with Gasteiger partial charge in [0.15, 0.2) is 11.6 Å². The molecule has 0 bridgehead atoms. The van der Waals surface area contributed by atoms with Crippen LogP contribution in [0.5, 0.6) is 0 Å². The summed E-state index contributed by atoms with van der Waals surface area (Å²) in [5.41, 5.74) is 6.03. The maximum Gasteiger partial charge on any atom is 0.170 e. The normalized spacial score (nSPS) is 20.3. The zero-order valence-electron chi connectivity index (χ0n) is 10.4. The van der Waals surface area contributed by atoms with Gasteiger partial charge in [0.1, 0.15) is 0 Å². The van der Waals surface area contributed by atoms with E-state index in [1.54, 1.807) is 12.3 Å². The molecule has 2 rings (SSSR count). The van der Waals surface area contributed by atoms with Gasteiger partial charge in [0.05, 0.1) is 0 Å². The summed E-state index contributed by atoms with van der Waals surface area (Å²) in [7, 11) is 4.10. The predicted molar refractivity (Wildman–Crippen MR) is 66.4 cm³/mol. The van der Waals surface area contributed by atoms with Crippen molar-refractivity contribution >= 4 is 5.82 Å². The molecule has 2 heterocycles. The summed E-state index contributed by atoms with van der Waals surface area (Å²) in [6.45, 7) is 1.89. The van der Waals surface area contributed by atoms with Crippen LogP contribution in [0, 0.1) is 5.82 Å². The van der Waals surface area contributed by atoms with Crippen molar-refractivity contribution in [3.8, 4) is 0 Å². The molecule has 1 fully saturated rings. The minimum absolute atomic E-state index is 0.215. The third kappa shape index (κ3) is 2.40. The second-order valence-corrected chi connectivity index (χ2v) is 4.66. The van der Waals surface area contributed by atoms with Gasteiger partial charge in [-0.25, -0.2) is 9.37 Å². The summed E-state index contributed by atoms with van der Waals surface area (Å²) in [6.07, 6.45) is 2.67. The molecule has 5 heteroatoms. The molecule has 1 saturated heterocycles. The Balaban J connectivity index is 2.19. The van der Waals surface area contributed by atoms with E-state index in [2.05, 4.69) is 9.88 Å². The number of aromatic nitrogens is 1. The van der Waals surface area contributed by atoms with Crippen LogP contribution in [-0.4, -0.2) is 43.1 Å². The Bertz CT molecular complexity index is 394. The Kier molecular flexibility index (Phi) is 3.59. The van der Waals surface area contributed by atoms with E-state index in [0.717, 1.165) is 19.5 Å². The van der Waals surface area contributed by atoms with Gasteiger partial charge in [-0.05, 0) is 26.6 Å². The molecule has 1 aromatic rings. The second kappa shape index (κ2) is 4.98. The predicted octanol–water partition coefficient (Wildman–Crippen LogP) is 0.820. The van der Waals surface area contributed by atoms with E-state index in [9.17, 15) is 4.39 Å². The highest BCUT2D eigenvalue weighted by atomic mass is 19.1. The van der Waals surface area contributed by atoms with Crippen LogP contribution in [-0.2, 0) is 6.54 Å². The SMILES string of the molecule is CN(C)C1CCN(c2nccc(CN)c2F)C1. The monoisotopic (exact) mass is 238 g/mol. The van der Waals surface area contributed by atoms with Gasteiger partial charge in [0, 0.05) is 37.4 Å². The van der Waals surface area contributed by atoms with E-state index in [0.29, 0.717) is 17.4 Å². The van der Waals surface area contributed by atoms with E-state index in [-0.39, 0.29) is 12.4 Å². The third-order valence-corrected chi connectivity index (χ3v) is 3.36. The molecule has 0 amide bonds. The number of likely N-dealkylation sites (N-methyl/N-ethyl adjacent to an activating group) is 1. The molecule has 1 atom stereocenters. The first-order valence-electron chi connectivity index (χ1n) is 5.88. The number of halogens is 1. The first-order chi connectivity index (χ1) is 8.13. The minimum atomic E-state index is -0.269. The number of rotatable bonds is 3. The summed E-state index contributed by atoms with van der Waals surface area (Å²) in [5, 5.41) is 0. The number of hydrogen-bond donors (Lipinski definition) is 1. The average Bonchev–Trinajstić information content (AvgIpc) is 2.78. The van der Waals surface area contributed by atoms with Gasteiger partial charge in [0.2, 0.25) is 0 Å². The molecule has 0 saturated carbocycles. The van der Waals surface area contributed by atoms with Crippen molar-refractivity contribution in [2.45, 2.75) is 19.0 Å². The molecule has 0 aliphatic carbocycles. The minimum Gasteiger partial charge on any atom is -0.353 e. The Morgan fingerprint density at radius 2 is 2.35 bits per heavy atom. The first kappa shape index (κ1) is 12.3. The molecular formula is C12H19FN4. The molecule has 1 unspecified atom stereocenters. The Morgan fingerprint density at radius 1 is 1.59 bits per heavy atom. The molecule has 0 spiro atoms. The summed E-state index contributed by atoms with van der Waals surface area (Å²) < 4.78 is 14.1. The number of anilines is 1. The lowest BCUT2D eigenvalue weighted by atomic mass is 10.2. The number of nitrogens with two attached hydrogens (primary N) is 1. The van der Waals surface area contributed by atoms with Crippen LogP contribution >= 0.6 is 0 Å². The van der Waals surface area contributed by atoms with Gasteiger partial charge in [-0.1, -0.05) is 0 Å². The number of pyridine rings is 1. The van der Waals surface area contributed by atoms with Crippen LogP contribution in [0.1, 0.15) is 12.0 Å². The number of nitrogens with zero attached hydrogens (tertiary/aromatic N) is 3. The van der Waals surface area contributed by atoms with Gasteiger partial charge in [-0.3, -0.25) is 0 Å². The van der Waals surface area contributed by atoms with Crippen LogP contribution in [0.3, 0.4) is 0 Å². The van der Waals surface area contributed by atoms with E-state index in [4.69, 9.17) is 5.73 Å². The van der Waals surface area contributed by atoms with Crippen molar-refractivity contribution in [1.82, 2.24) is 9.88 Å². The van der Waals surface area contributed by atoms with Crippen molar-refractivity contribution in [2.75, 3.05) is 32.1 Å². The topological polar surface area (TPSA) is 45.4 Å².